The molecule has 1 fully saturated rings. The summed E-state index contributed by atoms with van der Waals surface area (Å²) in [6.07, 6.45) is 4.86. The number of thioether (sulfide) groups is 1. The van der Waals surface area contributed by atoms with Gasteiger partial charge in [-0.3, -0.25) is 4.57 Å². The summed E-state index contributed by atoms with van der Waals surface area (Å²) in [5.41, 5.74) is -0.100. The molecule has 1 aromatic rings. The molecule has 0 bridgehead atoms. The van der Waals surface area contributed by atoms with Crippen molar-refractivity contribution in [2.75, 3.05) is 6.54 Å². The molecule has 1 aliphatic rings. The first-order chi connectivity index (χ1) is 9.65. The fraction of sp³-hybridized carbons (Fsp3) is 0.857. The molecule has 1 aliphatic carbocycles. The predicted molar refractivity (Wildman–Crippen MR) is 83.3 cm³/mol. The fourth-order valence-corrected chi connectivity index (χ4v) is 4.36. The molecule has 2 N–H and O–H groups in total. The van der Waals surface area contributed by atoms with Crippen LogP contribution in [-0.2, 0) is 6.54 Å². The second-order valence-corrected chi connectivity index (χ2v) is 6.90. The summed E-state index contributed by atoms with van der Waals surface area (Å²) in [7, 11) is 0. The highest BCUT2D eigenvalue weighted by molar-refractivity contribution is 7.99. The van der Waals surface area contributed by atoms with Crippen LogP contribution in [0.1, 0.15) is 46.5 Å². The van der Waals surface area contributed by atoms with Crippen molar-refractivity contribution in [3.05, 3.63) is 10.5 Å². The van der Waals surface area contributed by atoms with Crippen LogP contribution in [-0.4, -0.2) is 32.6 Å². The molecular formula is C14H26N4OS. The van der Waals surface area contributed by atoms with Crippen molar-refractivity contribution in [2.24, 2.45) is 5.92 Å². The number of nitrogens with one attached hydrogen (secondary N) is 2. The van der Waals surface area contributed by atoms with Gasteiger partial charge in [0.15, 0.2) is 5.16 Å². The Labute approximate surface area is 124 Å². The van der Waals surface area contributed by atoms with E-state index in [2.05, 4.69) is 29.4 Å². The molecule has 1 saturated carbocycles. The number of aromatic amines is 1. The summed E-state index contributed by atoms with van der Waals surface area (Å²) in [5, 5.41) is 11.7. The summed E-state index contributed by atoms with van der Waals surface area (Å²) in [4.78, 5) is 11.6. The highest BCUT2D eigenvalue weighted by Crippen LogP contribution is 2.35. The number of H-pyrrole nitrogens is 1. The fourth-order valence-electron chi connectivity index (χ4n) is 2.83. The van der Waals surface area contributed by atoms with Gasteiger partial charge in [-0.1, -0.05) is 25.6 Å². The van der Waals surface area contributed by atoms with Crippen LogP contribution in [0, 0.1) is 5.92 Å². The number of nitrogens with zero attached hydrogens (tertiary/aromatic N) is 2. The molecule has 0 saturated heterocycles. The first-order valence-corrected chi connectivity index (χ1v) is 8.58. The molecule has 0 aliphatic heterocycles. The van der Waals surface area contributed by atoms with Crippen LogP contribution in [0.5, 0.6) is 0 Å². The Hall–Kier alpha value is -0.750. The Morgan fingerprint density at radius 1 is 1.45 bits per heavy atom. The van der Waals surface area contributed by atoms with Gasteiger partial charge in [0.05, 0.1) is 0 Å². The summed E-state index contributed by atoms with van der Waals surface area (Å²) in [6, 6.07) is 0.535. The Balaban J connectivity index is 2.08. The molecule has 5 nitrogen and oxygen atoms in total. The van der Waals surface area contributed by atoms with Gasteiger partial charge in [0.1, 0.15) is 0 Å². The van der Waals surface area contributed by atoms with Gasteiger partial charge in [0.2, 0.25) is 0 Å². The Morgan fingerprint density at radius 3 is 2.95 bits per heavy atom. The van der Waals surface area contributed by atoms with Gasteiger partial charge in [0.25, 0.3) is 0 Å². The molecule has 0 aromatic carbocycles. The van der Waals surface area contributed by atoms with Crippen molar-refractivity contribution in [3.63, 3.8) is 0 Å². The Morgan fingerprint density at radius 2 is 2.25 bits per heavy atom. The maximum absolute atomic E-state index is 11.6. The minimum Gasteiger partial charge on any atom is -0.313 e. The largest absolute Gasteiger partial charge is 0.343 e. The van der Waals surface area contributed by atoms with Gasteiger partial charge in [-0.25, -0.2) is 9.89 Å². The van der Waals surface area contributed by atoms with Crippen molar-refractivity contribution in [2.45, 2.75) is 69.4 Å². The van der Waals surface area contributed by atoms with E-state index in [1.165, 1.54) is 19.3 Å². The normalized spacial score (nSPS) is 26.9. The van der Waals surface area contributed by atoms with Gasteiger partial charge in [-0.05, 0) is 45.1 Å². The van der Waals surface area contributed by atoms with Crippen molar-refractivity contribution in [3.8, 4) is 0 Å². The molecule has 0 spiro atoms. The van der Waals surface area contributed by atoms with Crippen LogP contribution in [0.15, 0.2) is 9.95 Å². The first kappa shape index (κ1) is 15.6. The number of hydrogen-bond acceptors (Lipinski definition) is 4. The van der Waals surface area contributed by atoms with Gasteiger partial charge < -0.3 is 5.32 Å². The SMILES string of the molecule is CCCNC1CCC(C)CC1Sc1n[nH]c(=O)n1CC. The van der Waals surface area contributed by atoms with E-state index < -0.39 is 0 Å². The molecule has 114 valence electrons. The Kier molecular flexibility index (Phi) is 5.72. The second kappa shape index (κ2) is 7.31. The third-order valence-corrected chi connectivity index (χ3v) is 5.35. The van der Waals surface area contributed by atoms with E-state index in [1.807, 2.05) is 6.92 Å². The quantitative estimate of drug-likeness (QED) is 0.845. The standard InChI is InChI=1S/C14H26N4OS/c1-4-8-15-11-7-6-10(3)9-12(11)20-14-17-16-13(19)18(14)5-2/h10-12,15H,4-9H2,1-3H3,(H,16,19). The molecule has 1 heterocycles. The number of aromatic nitrogens is 3. The van der Waals surface area contributed by atoms with Crippen LogP contribution >= 0.6 is 11.8 Å². The second-order valence-electron chi connectivity index (χ2n) is 5.69. The van der Waals surface area contributed by atoms with E-state index in [1.54, 1.807) is 16.3 Å². The third-order valence-electron chi connectivity index (χ3n) is 4.01. The van der Waals surface area contributed by atoms with E-state index in [4.69, 9.17) is 0 Å². The zero-order valence-corrected chi connectivity index (χ0v) is 13.5. The number of rotatable bonds is 6. The van der Waals surface area contributed by atoms with E-state index in [-0.39, 0.29) is 5.69 Å². The van der Waals surface area contributed by atoms with Gasteiger partial charge in [0, 0.05) is 17.8 Å². The minimum atomic E-state index is -0.100. The van der Waals surface area contributed by atoms with E-state index >= 15 is 0 Å². The maximum Gasteiger partial charge on any atom is 0.343 e. The minimum absolute atomic E-state index is 0.100. The molecule has 3 unspecified atom stereocenters. The van der Waals surface area contributed by atoms with Crippen molar-refractivity contribution in [1.29, 1.82) is 0 Å². The molecule has 6 heteroatoms. The third kappa shape index (κ3) is 3.67. The molecule has 3 atom stereocenters. The van der Waals surface area contributed by atoms with Crippen molar-refractivity contribution >= 4 is 11.8 Å². The molecule has 2 rings (SSSR count). The van der Waals surface area contributed by atoms with Crippen LogP contribution in [0.2, 0.25) is 0 Å². The van der Waals surface area contributed by atoms with Crippen LogP contribution < -0.4 is 11.0 Å². The van der Waals surface area contributed by atoms with Crippen molar-refractivity contribution < 1.29 is 0 Å². The lowest BCUT2D eigenvalue weighted by Crippen LogP contribution is -2.42. The smallest absolute Gasteiger partial charge is 0.313 e. The summed E-state index contributed by atoms with van der Waals surface area (Å²) >= 11 is 1.76. The van der Waals surface area contributed by atoms with Gasteiger partial charge >= 0.3 is 5.69 Å². The molecule has 0 amide bonds. The first-order valence-electron chi connectivity index (χ1n) is 7.70. The van der Waals surface area contributed by atoms with Crippen molar-refractivity contribution in [1.82, 2.24) is 20.1 Å². The summed E-state index contributed by atoms with van der Waals surface area (Å²) < 4.78 is 1.72. The lowest BCUT2D eigenvalue weighted by molar-refractivity contribution is 0.317. The van der Waals surface area contributed by atoms with Crippen LogP contribution in [0.4, 0.5) is 0 Å². The molecule has 1 aromatic heterocycles. The molecular weight excluding hydrogens is 272 g/mol. The predicted octanol–water partition coefficient (Wildman–Crippen LogP) is 2.24. The zero-order valence-electron chi connectivity index (χ0n) is 12.7. The Bertz CT molecular complexity index is 468. The van der Waals surface area contributed by atoms with Crippen LogP contribution in [0.3, 0.4) is 0 Å². The van der Waals surface area contributed by atoms with Gasteiger partial charge in [-0.15, -0.1) is 5.10 Å². The van der Waals surface area contributed by atoms with Crippen LogP contribution in [0.25, 0.3) is 0 Å². The monoisotopic (exact) mass is 298 g/mol. The topological polar surface area (TPSA) is 62.7 Å². The average molecular weight is 298 g/mol. The highest BCUT2D eigenvalue weighted by atomic mass is 32.2. The van der Waals surface area contributed by atoms with E-state index in [0.717, 1.165) is 24.0 Å². The zero-order chi connectivity index (χ0) is 14.5. The molecule has 0 radical (unpaired) electrons. The lowest BCUT2D eigenvalue weighted by atomic mass is 9.87. The highest BCUT2D eigenvalue weighted by Gasteiger charge is 2.30. The molecule has 20 heavy (non-hydrogen) atoms. The maximum atomic E-state index is 11.6. The van der Waals surface area contributed by atoms with E-state index in [9.17, 15) is 4.79 Å². The van der Waals surface area contributed by atoms with E-state index in [0.29, 0.717) is 17.8 Å². The van der Waals surface area contributed by atoms with Gasteiger partial charge in [-0.2, -0.15) is 0 Å². The average Bonchev–Trinajstić information content (AvgIpc) is 2.78. The lowest BCUT2D eigenvalue weighted by Gasteiger charge is -2.34. The number of hydrogen-bond donors (Lipinski definition) is 2. The summed E-state index contributed by atoms with van der Waals surface area (Å²) in [5.74, 6) is 0.757. The summed E-state index contributed by atoms with van der Waals surface area (Å²) in [6.45, 7) is 8.24.